The maximum absolute atomic E-state index is 6.37. The van der Waals surface area contributed by atoms with Crippen LogP contribution in [0.25, 0.3) is 0 Å². The Morgan fingerprint density at radius 3 is 2.50 bits per heavy atom. The molecule has 1 saturated carbocycles. The lowest BCUT2D eigenvalue weighted by atomic mass is 9.79. The SMILES string of the molecule is NC(CCc1ccccc1)c1cccc(C2CCC2)c1. The fourth-order valence-corrected chi connectivity index (χ4v) is 2.92. The molecule has 1 fully saturated rings. The zero-order valence-corrected chi connectivity index (χ0v) is 12.0. The molecule has 2 aromatic rings. The molecule has 0 heterocycles. The number of hydrogen-bond acceptors (Lipinski definition) is 1. The largest absolute Gasteiger partial charge is 0.324 e. The lowest BCUT2D eigenvalue weighted by Gasteiger charge is -2.26. The highest BCUT2D eigenvalue weighted by atomic mass is 14.6. The van der Waals surface area contributed by atoms with Crippen molar-refractivity contribution in [3.8, 4) is 0 Å². The molecular formula is C19H23N. The van der Waals surface area contributed by atoms with Crippen molar-refractivity contribution in [2.45, 2.75) is 44.1 Å². The van der Waals surface area contributed by atoms with Crippen molar-refractivity contribution in [1.29, 1.82) is 0 Å². The summed E-state index contributed by atoms with van der Waals surface area (Å²) in [6.45, 7) is 0. The maximum Gasteiger partial charge on any atom is 0.0298 e. The fraction of sp³-hybridized carbons (Fsp3) is 0.368. The summed E-state index contributed by atoms with van der Waals surface area (Å²) in [6, 6.07) is 19.7. The molecule has 0 radical (unpaired) electrons. The topological polar surface area (TPSA) is 26.0 Å². The molecule has 2 aromatic carbocycles. The predicted molar refractivity (Wildman–Crippen MR) is 84.7 cm³/mol. The molecule has 104 valence electrons. The second-order valence-electron chi connectivity index (χ2n) is 5.93. The molecule has 0 spiro atoms. The fourth-order valence-electron chi connectivity index (χ4n) is 2.92. The van der Waals surface area contributed by atoms with E-state index in [4.69, 9.17) is 5.73 Å². The molecule has 0 amide bonds. The van der Waals surface area contributed by atoms with Crippen LogP contribution in [0.4, 0.5) is 0 Å². The van der Waals surface area contributed by atoms with Crippen LogP contribution < -0.4 is 5.73 Å². The summed E-state index contributed by atoms with van der Waals surface area (Å²) in [6.07, 6.45) is 6.15. The monoisotopic (exact) mass is 265 g/mol. The standard InChI is InChI=1S/C19H23N/c20-19(13-12-15-6-2-1-3-7-15)18-11-5-10-17(14-18)16-8-4-9-16/h1-3,5-7,10-11,14,16,19H,4,8-9,12-13,20H2. The Kier molecular flexibility index (Phi) is 4.17. The molecule has 1 aliphatic carbocycles. The van der Waals surface area contributed by atoms with Gasteiger partial charge in [0.25, 0.3) is 0 Å². The number of hydrogen-bond donors (Lipinski definition) is 1. The minimum Gasteiger partial charge on any atom is -0.324 e. The number of nitrogens with two attached hydrogens (primary N) is 1. The van der Waals surface area contributed by atoms with Crippen molar-refractivity contribution in [2.24, 2.45) is 5.73 Å². The highest BCUT2D eigenvalue weighted by molar-refractivity contribution is 5.29. The van der Waals surface area contributed by atoms with Crippen LogP contribution in [0.1, 0.15) is 54.3 Å². The van der Waals surface area contributed by atoms with Crippen molar-refractivity contribution < 1.29 is 0 Å². The average molecular weight is 265 g/mol. The molecular weight excluding hydrogens is 242 g/mol. The van der Waals surface area contributed by atoms with Crippen molar-refractivity contribution >= 4 is 0 Å². The van der Waals surface area contributed by atoms with Gasteiger partial charge in [0.2, 0.25) is 0 Å². The minimum atomic E-state index is 0.148. The summed E-state index contributed by atoms with van der Waals surface area (Å²) < 4.78 is 0. The van der Waals surface area contributed by atoms with E-state index in [1.165, 1.54) is 36.0 Å². The third-order valence-corrected chi connectivity index (χ3v) is 4.50. The summed E-state index contributed by atoms with van der Waals surface area (Å²) in [4.78, 5) is 0. The van der Waals surface area contributed by atoms with Gasteiger partial charge in [-0.15, -0.1) is 0 Å². The third kappa shape index (κ3) is 3.10. The Hall–Kier alpha value is -1.60. The van der Waals surface area contributed by atoms with Crippen molar-refractivity contribution in [1.82, 2.24) is 0 Å². The first-order valence-electron chi connectivity index (χ1n) is 7.72. The highest BCUT2D eigenvalue weighted by Gasteiger charge is 2.20. The van der Waals surface area contributed by atoms with Gasteiger partial charge >= 0.3 is 0 Å². The first-order valence-corrected chi connectivity index (χ1v) is 7.72. The van der Waals surface area contributed by atoms with E-state index in [9.17, 15) is 0 Å². The summed E-state index contributed by atoms with van der Waals surface area (Å²) in [5.74, 6) is 0.788. The molecule has 1 nitrogen and oxygen atoms in total. The van der Waals surface area contributed by atoms with Crippen LogP contribution in [0.15, 0.2) is 54.6 Å². The molecule has 2 N–H and O–H groups in total. The number of aryl methyl sites for hydroxylation is 1. The van der Waals surface area contributed by atoms with Gasteiger partial charge < -0.3 is 5.73 Å². The van der Waals surface area contributed by atoms with Gasteiger partial charge in [-0.05, 0) is 48.3 Å². The van der Waals surface area contributed by atoms with E-state index in [2.05, 4.69) is 54.6 Å². The molecule has 1 heteroatoms. The first kappa shape index (κ1) is 13.4. The van der Waals surface area contributed by atoms with E-state index >= 15 is 0 Å². The predicted octanol–water partition coefficient (Wildman–Crippen LogP) is 4.59. The van der Waals surface area contributed by atoms with Crippen molar-refractivity contribution in [3.63, 3.8) is 0 Å². The summed E-state index contributed by atoms with van der Waals surface area (Å²) in [5.41, 5.74) is 10.5. The Labute approximate surface area is 121 Å². The van der Waals surface area contributed by atoms with Crippen LogP contribution in [-0.4, -0.2) is 0 Å². The molecule has 0 aliphatic heterocycles. The van der Waals surface area contributed by atoms with E-state index in [1.54, 1.807) is 0 Å². The lowest BCUT2D eigenvalue weighted by Crippen LogP contribution is -2.13. The van der Waals surface area contributed by atoms with Crippen LogP contribution in [0, 0.1) is 0 Å². The zero-order valence-electron chi connectivity index (χ0n) is 12.0. The van der Waals surface area contributed by atoms with Gasteiger partial charge in [-0.2, -0.15) is 0 Å². The van der Waals surface area contributed by atoms with Crippen LogP contribution in [-0.2, 0) is 6.42 Å². The summed E-state index contributed by atoms with van der Waals surface area (Å²) >= 11 is 0. The molecule has 20 heavy (non-hydrogen) atoms. The van der Waals surface area contributed by atoms with Crippen molar-refractivity contribution in [2.75, 3.05) is 0 Å². The Morgan fingerprint density at radius 2 is 1.80 bits per heavy atom. The van der Waals surface area contributed by atoms with Gasteiger partial charge in [0, 0.05) is 6.04 Å². The van der Waals surface area contributed by atoms with E-state index in [1.807, 2.05) is 0 Å². The minimum absolute atomic E-state index is 0.148. The van der Waals surface area contributed by atoms with Gasteiger partial charge in [0.1, 0.15) is 0 Å². The zero-order chi connectivity index (χ0) is 13.8. The van der Waals surface area contributed by atoms with E-state index in [-0.39, 0.29) is 6.04 Å². The van der Waals surface area contributed by atoms with E-state index in [0.717, 1.165) is 18.8 Å². The first-order chi connectivity index (χ1) is 9.83. The van der Waals surface area contributed by atoms with Crippen LogP contribution >= 0.6 is 0 Å². The molecule has 0 aromatic heterocycles. The number of benzene rings is 2. The van der Waals surface area contributed by atoms with Crippen LogP contribution in [0.2, 0.25) is 0 Å². The molecule has 1 atom stereocenters. The second-order valence-corrected chi connectivity index (χ2v) is 5.93. The maximum atomic E-state index is 6.37. The van der Waals surface area contributed by atoms with Gasteiger partial charge in [-0.25, -0.2) is 0 Å². The Bertz CT molecular complexity index is 543. The van der Waals surface area contributed by atoms with Crippen LogP contribution in [0.5, 0.6) is 0 Å². The summed E-state index contributed by atoms with van der Waals surface area (Å²) in [7, 11) is 0. The van der Waals surface area contributed by atoms with Gasteiger partial charge in [-0.3, -0.25) is 0 Å². The van der Waals surface area contributed by atoms with E-state index in [0.29, 0.717) is 0 Å². The van der Waals surface area contributed by atoms with Gasteiger partial charge in [-0.1, -0.05) is 61.0 Å². The normalized spacial score (nSPS) is 16.6. The summed E-state index contributed by atoms with van der Waals surface area (Å²) in [5, 5.41) is 0. The lowest BCUT2D eigenvalue weighted by molar-refractivity contribution is 0.419. The molecule has 1 aliphatic rings. The van der Waals surface area contributed by atoms with E-state index < -0.39 is 0 Å². The quantitative estimate of drug-likeness (QED) is 0.841. The van der Waals surface area contributed by atoms with Crippen molar-refractivity contribution in [3.05, 3.63) is 71.3 Å². The Balaban J connectivity index is 1.63. The molecule has 0 saturated heterocycles. The molecule has 3 rings (SSSR count). The smallest absolute Gasteiger partial charge is 0.0298 e. The molecule has 0 bridgehead atoms. The molecule has 1 unspecified atom stereocenters. The van der Waals surface area contributed by atoms with Gasteiger partial charge in [0.15, 0.2) is 0 Å². The average Bonchev–Trinajstić information content (AvgIpc) is 2.44. The number of rotatable bonds is 5. The third-order valence-electron chi connectivity index (χ3n) is 4.50. The highest BCUT2D eigenvalue weighted by Crippen LogP contribution is 2.37. The van der Waals surface area contributed by atoms with Crippen LogP contribution in [0.3, 0.4) is 0 Å². The van der Waals surface area contributed by atoms with Gasteiger partial charge in [0.05, 0.1) is 0 Å². The Morgan fingerprint density at radius 1 is 1.00 bits per heavy atom. The second kappa shape index (κ2) is 6.23.